The molecule has 0 fully saturated rings. The lowest BCUT2D eigenvalue weighted by Gasteiger charge is -2.32. The van der Waals surface area contributed by atoms with Gasteiger partial charge < -0.3 is 35.2 Å². The van der Waals surface area contributed by atoms with Gasteiger partial charge in [0, 0.05) is 35.7 Å². The molecule has 0 aliphatic rings. The van der Waals surface area contributed by atoms with Crippen molar-refractivity contribution in [3.63, 3.8) is 0 Å². The van der Waals surface area contributed by atoms with Crippen molar-refractivity contribution in [3.05, 3.63) is 119 Å². The second kappa shape index (κ2) is 19.9. The van der Waals surface area contributed by atoms with Crippen LogP contribution in [0.5, 0.6) is 23.0 Å². The SMILES string of the molecule is CC(C)N(CC[C@H](c1ccccc1)c1cc(OCCCCOc2ccc(CCNC[C@H](O)c3ccc(O)c(CO)c3)cc2)ccc1O)C(C)C. The first kappa shape index (κ1) is 38.7. The first-order valence-electron chi connectivity index (χ1n) is 18.0. The van der Waals surface area contributed by atoms with Crippen molar-refractivity contribution in [1.82, 2.24) is 10.2 Å². The smallest absolute Gasteiger partial charge is 0.121 e. The number of aliphatic hydroxyl groups is 2. The summed E-state index contributed by atoms with van der Waals surface area (Å²) in [4.78, 5) is 2.49. The van der Waals surface area contributed by atoms with Crippen molar-refractivity contribution in [2.24, 2.45) is 0 Å². The Kier molecular flexibility index (Phi) is 15.4. The fourth-order valence-corrected chi connectivity index (χ4v) is 6.34. The predicted octanol–water partition coefficient (Wildman–Crippen LogP) is 7.33. The summed E-state index contributed by atoms with van der Waals surface area (Å²) in [5, 5.41) is 43.7. The number of phenols is 2. The van der Waals surface area contributed by atoms with Gasteiger partial charge in [-0.2, -0.15) is 0 Å². The van der Waals surface area contributed by atoms with Crippen LogP contribution in [-0.2, 0) is 13.0 Å². The average molecular weight is 685 g/mol. The Labute approximate surface area is 298 Å². The molecule has 8 nitrogen and oxygen atoms in total. The lowest BCUT2D eigenvalue weighted by Crippen LogP contribution is -2.38. The van der Waals surface area contributed by atoms with Crippen molar-refractivity contribution < 1.29 is 29.9 Å². The topological polar surface area (TPSA) is 115 Å². The standard InChI is InChI=1S/C42H56N2O6/c1-30(2)44(31(3)4)23-21-38(33-10-6-5-7-11-33)39-27-37(17-19-41(39)47)50-25-9-8-24-49-36-15-12-32(13-16-36)20-22-43-28-42(48)34-14-18-40(46)35(26-34)29-45/h5-7,10-19,26-27,30-31,38,42-43,45-48H,8-9,20-25,28-29H2,1-4H3/t38-,42+/m1/s1. The molecule has 0 spiro atoms. The van der Waals surface area contributed by atoms with Crippen LogP contribution in [0.2, 0.25) is 0 Å². The van der Waals surface area contributed by atoms with Crippen molar-refractivity contribution in [2.45, 2.75) is 84.1 Å². The van der Waals surface area contributed by atoms with Crippen LogP contribution in [0.25, 0.3) is 0 Å². The lowest BCUT2D eigenvalue weighted by molar-refractivity contribution is 0.170. The Hall–Kier alpha value is -4.08. The minimum Gasteiger partial charge on any atom is -0.508 e. The molecule has 0 amide bonds. The third-order valence-electron chi connectivity index (χ3n) is 9.17. The third-order valence-corrected chi connectivity index (χ3v) is 9.17. The van der Waals surface area contributed by atoms with E-state index in [2.05, 4.69) is 74.3 Å². The number of phenolic OH excluding ortho intramolecular Hbond substituents is 1. The van der Waals surface area contributed by atoms with Crippen LogP contribution in [0.15, 0.2) is 91.0 Å². The van der Waals surface area contributed by atoms with Gasteiger partial charge in [-0.3, -0.25) is 4.90 Å². The van der Waals surface area contributed by atoms with Crippen LogP contribution in [0.1, 0.15) is 86.8 Å². The van der Waals surface area contributed by atoms with E-state index in [0.29, 0.717) is 55.3 Å². The van der Waals surface area contributed by atoms with Crippen LogP contribution >= 0.6 is 0 Å². The molecule has 8 heteroatoms. The Bertz CT molecular complexity index is 1550. The number of aliphatic hydroxyl groups excluding tert-OH is 2. The van der Waals surface area contributed by atoms with Gasteiger partial charge in [-0.25, -0.2) is 0 Å². The maximum absolute atomic E-state index is 10.9. The minimum atomic E-state index is -0.728. The normalized spacial score (nSPS) is 12.8. The zero-order valence-corrected chi connectivity index (χ0v) is 30.1. The van der Waals surface area contributed by atoms with Crippen LogP contribution in [0, 0.1) is 0 Å². The second-order valence-electron chi connectivity index (χ2n) is 13.5. The van der Waals surface area contributed by atoms with Gasteiger partial charge in [-0.1, -0.05) is 48.5 Å². The van der Waals surface area contributed by atoms with Crippen LogP contribution in [0.3, 0.4) is 0 Å². The van der Waals surface area contributed by atoms with Gasteiger partial charge in [0.1, 0.15) is 23.0 Å². The molecule has 0 saturated carbocycles. The second-order valence-corrected chi connectivity index (χ2v) is 13.5. The maximum Gasteiger partial charge on any atom is 0.121 e. The van der Waals surface area contributed by atoms with Crippen LogP contribution < -0.4 is 14.8 Å². The number of ether oxygens (including phenoxy) is 2. The number of unbranched alkanes of at least 4 members (excludes halogenated alkanes) is 1. The highest BCUT2D eigenvalue weighted by atomic mass is 16.5. The molecule has 2 atom stereocenters. The summed E-state index contributed by atoms with van der Waals surface area (Å²) in [6, 6.07) is 29.8. The van der Waals surface area contributed by atoms with Crippen LogP contribution in [0.4, 0.5) is 0 Å². The monoisotopic (exact) mass is 684 g/mol. The molecule has 270 valence electrons. The lowest BCUT2D eigenvalue weighted by atomic mass is 9.87. The number of benzene rings is 4. The molecule has 0 aliphatic carbocycles. The van der Waals surface area contributed by atoms with E-state index in [4.69, 9.17) is 9.47 Å². The van der Waals surface area contributed by atoms with E-state index in [1.54, 1.807) is 18.2 Å². The Morgan fingerprint density at radius 2 is 1.36 bits per heavy atom. The molecule has 5 N–H and O–H groups in total. The molecule has 0 bridgehead atoms. The van der Waals surface area contributed by atoms with Crippen molar-refractivity contribution >= 4 is 0 Å². The molecule has 50 heavy (non-hydrogen) atoms. The first-order chi connectivity index (χ1) is 24.2. The van der Waals surface area contributed by atoms with E-state index >= 15 is 0 Å². The summed E-state index contributed by atoms with van der Waals surface area (Å²) in [6.07, 6.45) is 2.67. The van der Waals surface area contributed by atoms with E-state index < -0.39 is 6.10 Å². The molecular weight excluding hydrogens is 628 g/mol. The van der Waals surface area contributed by atoms with Gasteiger partial charge >= 0.3 is 0 Å². The quantitative estimate of drug-likeness (QED) is 0.0580. The summed E-state index contributed by atoms with van der Waals surface area (Å²) >= 11 is 0. The molecule has 4 rings (SSSR count). The average Bonchev–Trinajstić information content (AvgIpc) is 3.11. The van der Waals surface area contributed by atoms with Gasteiger partial charge in [0.15, 0.2) is 0 Å². The molecule has 0 aliphatic heterocycles. The largest absolute Gasteiger partial charge is 0.508 e. The fraction of sp³-hybridized carbons (Fsp3) is 0.429. The predicted molar refractivity (Wildman–Crippen MR) is 200 cm³/mol. The van der Waals surface area contributed by atoms with E-state index in [0.717, 1.165) is 49.3 Å². The van der Waals surface area contributed by atoms with Gasteiger partial charge in [-0.15, -0.1) is 0 Å². The Morgan fingerprint density at radius 3 is 2.02 bits per heavy atom. The number of nitrogens with zero attached hydrogens (tertiary/aromatic N) is 1. The van der Waals surface area contributed by atoms with Gasteiger partial charge in [0.2, 0.25) is 0 Å². The summed E-state index contributed by atoms with van der Waals surface area (Å²) < 4.78 is 12.1. The molecule has 0 saturated heterocycles. The zero-order chi connectivity index (χ0) is 35.9. The van der Waals surface area contributed by atoms with Crippen LogP contribution in [-0.4, -0.2) is 70.3 Å². The van der Waals surface area contributed by atoms with E-state index in [1.165, 1.54) is 17.2 Å². The number of hydrogen-bond acceptors (Lipinski definition) is 8. The van der Waals surface area contributed by atoms with Crippen molar-refractivity contribution in [2.75, 3.05) is 32.8 Å². The Balaban J connectivity index is 1.18. The van der Waals surface area contributed by atoms with E-state index in [-0.39, 0.29) is 18.3 Å². The Morgan fingerprint density at radius 1 is 0.720 bits per heavy atom. The molecule has 0 radical (unpaired) electrons. The van der Waals surface area contributed by atoms with Crippen molar-refractivity contribution in [1.29, 1.82) is 0 Å². The summed E-state index contributed by atoms with van der Waals surface area (Å²) in [6.45, 7) is 11.8. The summed E-state index contributed by atoms with van der Waals surface area (Å²) in [5.74, 6) is 1.97. The van der Waals surface area contributed by atoms with Gasteiger partial charge in [0.05, 0.1) is 25.9 Å². The number of nitrogens with one attached hydrogen (secondary N) is 1. The fourth-order valence-electron chi connectivity index (χ4n) is 6.34. The third kappa shape index (κ3) is 11.8. The van der Waals surface area contributed by atoms with Crippen molar-refractivity contribution in [3.8, 4) is 23.0 Å². The molecule has 0 heterocycles. The number of hydrogen-bond donors (Lipinski definition) is 5. The molecular formula is C42H56N2O6. The summed E-state index contributed by atoms with van der Waals surface area (Å²) in [5.41, 5.74) is 4.31. The molecule has 0 unspecified atom stereocenters. The zero-order valence-electron chi connectivity index (χ0n) is 30.1. The van der Waals surface area contributed by atoms with Gasteiger partial charge in [0.25, 0.3) is 0 Å². The highest BCUT2D eigenvalue weighted by Crippen LogP contribution is 2.37. The molecule has 0 aromatic heterocycles. The number of rotatable bonds is 21. The highest BCUT2D eigenvalue weighted by molar-refractivity contribution is 5.46. The summed E-state index contributed by atoms with van der Waals surface area (Å²) in [7, 11) is 0. The minimum absolute atomic E-state index is 0.0244. The maximum atomic E-state index is 10.9. The first-order valence-corrected chi connectivity index (χ1v) is 18.0. The van der Waals surface area contributed by atoms with E-state index in [9.17, 15) is 20.4 Å². The number of aromatic hydroxyl groups is 2. The molecule has 4 aromatic carbocycles. The molecule has 4 aromatic rings. The van der Waals surface area contributed by atoms with E-state index in [1.807, 2.05) is 30.3 Å². The highest BCUT2D eigenvalue weighted by Gasteiger charge is 2.22. The van der Waals surface area contributed by atoms with Gasteiger partial charge in [-0.05, 0) is 126 Å².